The van der Waals surface area contributed by atoms with Crippen LogP contribution in [-0.2, 0) is 25.8 Å². The molecule has 1 aromatic carbocycles. The van der Waals surface area contributed by atoms with Crippen LogP contribution in [0.1, 0.15) is 18.4 Å². The Bertz CT molecular complexity index is 748. The number of carbonyl (C=O) groups is 2. The maximum atomic E-state index is 12.3. The number of hydrogen-bond acceptors (Lipinski definition) is 5. The Hall–Kier alpha value is -1.54. The number of fused-ring (bicyclic) bond motifs is 1. The van der Waals surface area contributed by atoms with Gasteiger partial charge in [-0.15, -0.1) is 11.8 Å². The van der Waals surface area contributed by atoms with Gasteiger partial charge in [0, 0.05) is 11.7 Å². The molecule has 6 nitrogen and oxygen atoms in total. The van der Waals surface area contributed by atoms with E-state index in [4.69, 9.17) is 0 Å². The summed E-state index contributed by atoms with van der Waals surface area (Å²) in [5, 5.41) is 5.38. The Morgan fingerprint density at radius 3 is 2.83 bits per heavy atom. The molecule has 0 radical (unpaired) electrons. The second kappa shape index (κ2) is 7.14. The van der Waals surface area contributed by atoms with E-state index >= 15 is 0 Å². The van der Waals surface area contributed by atoms with Crippen LogP contribution in [0.3, 0.4) is 0 Å². The number of nitrogens with one attached hydrogen (secondary N) is 2. The van der Waals surface area contributed by atoms with E-state index in [1.54, 1.807) is 0 Å². The maximum absolute atomic E-state index is 12.3. The number of thioether (sulfide) groups is 1. The highest BCUT2D eigenvalue weighted by Crippen LogP contribution is 2.27. The first-order valence-electron chi connectivity index (χ1n) is 7.93. The van der Waals surface area contributed by atoms with Gasteiger partial charge in [-0.05, 0) is 30.9 Å². The van der Waals surface area contributed by atoms with Crippen molar-refractivity contribution in [2.75, 3.05) is 22.6 Å². The van der Waals surface area contributed by atoms with E-state index < -0.39 is 9.84 Å². The SMILES string of the molecule is O=C(CS[C@H]1CCc2ccccc2NC1=O)N[C@@H]1CCS(=O)(=O)C1. The van der Waals surface area contributed by atoms with Crippen molar-refractivity contribution in [2.45, 2.75) is 30.6 Å². The van der Waals surface area contributed by atoms with E-state index in [-0.39, 0.29) is 40.4 Å². The van der Waals surface area contributed by atoms with Gasteiger partial charge in [-0.25, -0.2) is 8.42 Å². The molecular formula is C16H20N2O4S2. The van der Waals surface area contributed by atoms with Crippen LogP contribution in [0.25, 0.3) is 0 Å². The van der Waals surface area contributed by atoms with E-state index in [2.05, 4.69) is 10.6 Å². The number of carbonyl (C=O) groups excluding carboxylic acids is 2. The van der Waals surface area contributed by atoms with Crippen molar-refractivity contribution >= 4 is 39.1 Å². The highest BCUT2D eigenvalue weighted by atomic mass is 32.2. The molecule has 0 bridgehead atoms. The fourth-order valence-electron chi connectivity index (χ4n) is 3.00. The lowest BCUT2D eigenvalue weighted by molar-refractivity contribution is -0.119. The van der Waals surface area contributed by atoms with Crippen LogP contribution in [0.5, 0.6) is 0 Å². The lowest BCUT2D eigenvalue weighted by Crippen LogP contribution is -2.37. The van der Waals surface area contributed by atoms with Crippen LogP contribution in [0.4, 0.5) is 5.69 Å². The Kier molecular flexibility index (Phi) is 5.15. The topological polar surface area (TPSA) is 92.3 Å². The van der Waals surface area contributed by atoms with Crippen molar-refractivity contribution in [1.82, 2.24) is 5.32 Å². The minimum absolute atomic E-state index is 0.0165. The van der Waals surface area contributed by atoms with Crippen molar-refractivity contribution < 1.29 is 18.0 Å². The van der Waals surface area contributed by atoms with Crippen LogP contribution < -0.4 is 10.6 Å². The number of anilines is 1. The minimum atomic E-state index is -3.01. The summed E-state index contributed by atoms with van der Waals surface area (Å²) in [6.45, 7) is 0. The van der Waals surface area contributed by atoms with Crippen molar-refractivity contribution in [3.05, 3.63) is 29.8 Å². The number of amides is 2. The monoisotopic (exact) mass is 368 g/mol. The van der Waals surface area contributed by atoms with E-state index in [1.807, 2.05) is 24.3 Å². The molecule has 1 aromatic rings. The second-order valence-electron chi connectivity index (χ2n) is 6.15. The van der Waals surface area contributed by atoms with Crippen molar-refractivity contribution in [1.29, 1.82) is 0 Å². The molecule has 2 N–H and O–H groups in total. The van der Waals surface area contributed by atoms with Gasteiger partial charge in [0.15, 0.2) is 9.84 Å². The van der Waals surface area contributed by atoms with Gasteiger partial charge in [-0.1, -0.05) is 18.2 Å². The number of hydrogen-bond donors (Lipinski definition) is 2. The van der Waals surface area contributed by atoms with Crippen molar-refractivity contribution in [2.24, 2.45) is 0 Å². The fourth-order valence-corrected chi connectivity index (χ4v) is 5.61. The van der Waals surface area contributed by atoms with Gasteiger partial charge in [-0.2, -0.15) is 0 Å². The van der Waals surface area contributed by atoms with Crippen molar-refractivity contribution in [3.8, 4) is 0 Å². The summed E-state index contributed by atoms with van der Waals surface area (Å²) >= 11 is 1.31. The lowest BCUT2D eigenvalue weighted by atomic mass is 10.1. The average molecular weight is 368 g/mol. The van der Waals surface area contributed by atoms with Crippen LogP contribution in [0.15, 0.2) is 24.3 Å². The third-order valence-electron chi connectivity index (χ3n) is 4.26. The highest BCUT2D eigenvalue weighted by molar-refractivity contribution is 8.01. The molecule has 1 saturated heterocycles. The zero-order valence-corrected chi connectivity index (χ0v) is 14.8. The normalized spacial score (nSPS) is 25.4. The first-order chi connectivity index (χ1) is 11.4. The van der Waals surface area contributed by atoms with E-state index in [9.17, 15) is 18.0 Å². The lowest BCUT2D eigenvalue weighted by Gasteiger charge is -2.14. The van der Waals surface area contributed by atoms with Crippen LogP contribution in [0, 0.1) is 0 Å². The standard InChI is InChI=1S/C16H20N2O4S2/c19-15(17-12-7-8-24(21,22)10-12)9-23-14-6-5-11-3-1-2-4-13(11)18-16(14)20/h1-4,12,14H,5-10H2,(H,17,19)(H,18,20)/t12-,14+/m1/s1. The molecular weight excluding hydrogens is 348 g/mol. The quantitative estimate of drug-likeness (QED) is 0.826. The summed E-state index contributed by atoms with van der Waals surface area (Å²) in [6.07, 6.45) is 1.94. The summed E-state index contributed by atoms with van der Waals surface area (Å²) in [4.78, 5) is 24.3. The Labute approximate surface area is 145 Å². The molecule has 0 spiro atoms. The van der Waals surface area contributed by atoms with Gasteiger partial charge in [-0.3, -0.25) is 9.59 Å². The fraction of sp³-hybridized carbons (Fsp3) is 0.500. The second-order valence-corrected chi connectivity index (χ2v) is 9.57. The number of benzene rings is 1. The Morgan fingerprint density at radius 2 is 2.08 bits per heavy atom. The molecule has 0 unspecified atom stereocenters. The van der Waals surface area contributed by atoms with Gasteiger partial charge in [0.2, 0.25) is 11.8 Å². The molecule has 1 fully saturated rings. The first kappa shape index (κ1) is 17.3. The molecule has 2 amide bonds. The van der Waals surface area contributed by atoms with Crippen LogP contribution >= 0.6 is 11.8 Å². The predicted molar refractivity (Wildman–Crippen MR) is 94.8 cm³/mol. The number of para-hydroxylation sites is 1. The van der Waals surface area contributed by atoms with E-state index in [0.717, 1.165) is 17.7 Å². The maximum Gasteiger partial charge on any atom is 0.237 e. The molecule has 0 aliphatic carbocycles. The minimum Gasteiger partial charge on any atom is -0.352 e. The molecule has 2 aliphatic rings. The van der Waals surface area contributed by atoms with Crippen LogP contribution in [0.2, 0.25) is 0 Å². The average Bonchev–Trinajstić information content (AvgIpc) is 2.77. The summed E-state index contributed by atoms with van der Waals surface area (Å²) in [7, 11) is -3.01. The Morgan fingerprint density at radius 1 is 1.29 bits per heavy atom. The summed E-state index contributed by atoms with van der Waals surface area (Å²) in [5.41, 5.74) is 1.95. The summed E-state index contributed by atoms with van der Waals surface area (Å²) < 4.78 is 22.8. The molecule has 0 saturated carbocycles. The van der Waals surface area contributed by atoms with Gasteiger partial charge >= 0.3 is 0 Å². The van der Waals surface area contributed by atoms with E-state index in [1.165, 1.54) is 11.8 Å². The van der Waals surface area contributed by atoms with Gasteiger partial charge < -0.3 is 10.6 Å². The molecule has 24 heavy (non-hydrogen) atoms. The third-order valence-corrected chi connectivity index (χ3v) is 7.31. The third kappa shape index (κ3) is 4.30. The van der Waals surface area contributed by atoms with Crippen LogP contribution in [-0.4, -0.2) is 48.8 Å². The molecule has 2 heterocycles. The first-order valence-corrected chi connectivity index (χ1v) is 10.8. The smallest absolute Gasteiger partial charge is 0.237 e. The molecule has 2 atom stereocenters. The van der Waals surface area contributed by atoms with Crippen molar-refractivity contribution in [3.63, 3.8) is 0 Å². The molecule has 2 aliphatic heterocycles. The molecule has 8 heteroatoms. The number of aryl methyl sites for hydroxylation is 1. The largest absolute Gasteiger partial charge is 0.352 e. The van der Waals surface area contributed by atoms with E-state index in [0.29, 0.717) is 12.8 Å². The predicted octanol–water partition coefficient (Wildman–Crippen LogP) is 0.976. The zero-order valence-electron chi connectivity index (χ0n) is 13.2. The van der Waals surface area contributed by atoms with Gasteiger partial charge in [0.25, 0.3) is 0 Å². The zero-order chi connectivity index (χ0) is 17.2. The number of sulfone groups is 1. The van der Waals surface area contributed by atoms with Gasteiger partial charge in [0.05, 0.1) is 22.5 Å². The summed E-state index contributed by atoms with van der Waals surface area (Å²) in [5.74, 6) is 0.0139. The Balaban J connectivity index is 1.50. The van der Waals surface area contributed by atoms with Gasteiger partial charge in [0.1, 0.15) is 0 Å². The molecule has 0 aromatic heterocycles. The molecule has 3 rings (SSSR count). The number of rotatable bonds is 4. The highest BCUT2D eigenvalue weighted by Gasteiger charge is 2.29. The summed E-state index contributed by atoms with van der Waals surface area (Å²) in [6, 6.07) is 7.41. The molecule has 130 valence electrons.